The Hall–Kier alpha value is -0.520. The molecular weight excluding hydrogens is 255 g/mol. The fourth-order valence-electron chi connectivity index (χ4n) is 1.12. The lowest BCUT2D eigenvalue weighted by atomic mass is 10.2. The van der Waals surface area contributed by atoms with Gasteiger partial charge in [-0.2, -0.15) is 0 Å². The van der Waals surface area contributed by atoms with Gasteiger partial charge in [0, 0.05) is 10.6 Å². The monoisotopic (exact) mass is 266 g/mol. The number of ether oxygens (including phenoxy) is 1. The van der Waals surface area contributed by atoms with E-state index in [1.807, 2.05) is 0 Å². The number of hydrogen-bond acceptors (Lipinski definition) is 4. The summed E-state index contributed by atoms with van der Waals surface area (Å²) in [7, 11) is 0. The third-order valence-corrected chi connectivity index (χ3v) is 2.39. The molecule has 0 saturated heterocycles. The molecule has 1 aromatic carbocycles. The lowest BCUT2D eigenvalue weighted by Crippen LogP contribution is -2.21. The van der Waals surface area contributed by atoms with E-state index >= 15 is 0 Å². The van der Waals surface area contributed by atoms with E-state index in [4.69, 9.17) is 43.3 Å². The quantitative estimate of drug-likeness (QED) is 0.750. The smallest absolute Gasteiger partial charge is 0.143 e. The van der Waals surface area contributed by atoms with Crippen molar-refractivity contribution in [3.05, 3.63) is 27.7 Å². The van der Waals surface area contributed by atoms with Gasteiger partial charge in [-0.1, -0.05) is 23.2 Å². The van der Waals surface area contributed by atoms with Crippen molar-refractivity contribution in [3.63, 3.8) is 0 Å². The van der Waals surface area contributed by atoms with E-state index in [2.05, 4.69) is 0 Å². The molecule has 16 heavy (non-hydrogen) atoms. The van der Waals surface area contributed by atoms with Crippen molar-refractivity contribution in [1.29, 1.82) is 0 Å². The predicted octanol–water partition coefficient (Wildman–Crippen LogP) is 1.22. The van der Waals surface area contributed by atoms with Crippen LogP contribution in [0.4, 0.5) is 0 Å². The minimum atomic E-state index is -0.988. The second-order valence-corrected chi connectivity index (χ2v) is 4.03. The molecule has 1 atom stereocenters. The highest BCUT2D eigenvalue weighted by molar-refractivity contribution is 6.35. The minimum absolute atomic E-state index is 0.106. The Morgan fingerprint density at radius 1 is 1.25 bits per heavy atom. The molecule has 0 heterocycles. The highest BCUT2D eigenvalue weighted by Gasteiger charge is 2.12. The summed E-state index contributed by atoms with van der Waals surface area (Å²) < 4.78 is 5.21. The van der Waals surface area contributed by atoms with Gasteiger partial charge in [0.1, 0.15) is 18.5 Å². The van der Waals surface area contributed by atoms with Crippen LogP contribution in [0.3, 0.4) is 0 Å². The van der Waals surface area contributed by atoms with Crippen LogP contribution in [0.1, 0.15) is 5.56 Å². The van der Waals surface area contributed by atoms with Crippen molar-refractivity contribution in [2.75, 3.05) is 13.2 Å². The number of rotatable bonds is 5. The molecule has 6 heteroatoms. The van der Waals surface area contributed by atoms with Gasteiger partial charge in [0.05, 0.1) is 18.2 Å². The number of aliphatic hydroxyl groups excluding tert-OH is 3. The van der Waals surface area contributed by atoms with Gasteiger partial charge in [0.2, 0.25) is 0 Å². The molecule has 0 amide bonds. The average Bonchev–Trinajstić information content (AvgIpc) is 2.26. The fourth-order valence-corrected chi connectivity index (χ4v) is 1.72. The Balaban J connectivity index is 2.85. The summed E-state index contributed by atoms with van der Waals surface area (Å²) >= 11 is 11.6. The van der Waals surface area contributed by atoms with Crippen LogP contribution in [0.25, 0.3) is 0 Å². The zero-order valence-corrected chi connectivity index (χ0v) is 9.87. The van der Waals surface area contributed by atoms with Gasteiger partial charge in [-0.15, -0.1) is 0 Å². The molecule has 90 valence electrons. The zero-order chi connectivity index (χ0) is 12.1. The minimum Gasteiger partial charge on any atom is -0.489 e. The first-order valence-corrected chi connectivity index (χ1v) is 5.34. The first-order chi connectivity index (χ1) is 7.58. The summed E-state index contributed by atoms with van der Waals surface area (Å²) in [5.41, 5.74) is 0.433. The predicted molar refractivity (Wildman–Crippen MR) is 61.0 cm³/mol. The summed E-state index contributed by atoms with van der Waals surface area (Å²) in [5, 5.41) is 27.5. The van der Waals surface area contributed by atoms with Crippen LogP contribution in [0.2, 0.25) is 10.0 Å². The van der Waals surface area contributed by atoms with Gasteiger partial charge in [-0.25, -0.2) is 0 Å². The Kier molecular flexibility index (Phi) is 5.31. The normalized spacial score (nSPS) is 12.6. The first-order valence-electron chi connectivity index (χ1n) is 4.59. The summed E-state index contributed by atoms with van der Waals surface area (Å²) in [6.45, 7) is -0.782. The van der Waals surface area contributed by atoms with E-state index in [1.165, 1.54) is 12.1 Å². The second-order valence-electron chi connectivity index (χ2n) is 3.18. The summed E-state index contributed by atoms with van der Waals surface area (Å²) in [5.74, 6) is 0.265. The molecule has 4 nitrogen and oxygen atoms in total. The van der Waals surface area contributed by atoms with Crippen LogP contribution in [0, 0.1) is 0 Å². The maximum absolute atomic E-state index is 9.12. The molecule has 0 fully saturated rings. The molecular formula is C10H12Cl2O4. The molecule has 0 spiro atoms. The summed E-state index contributed by atoms with van der Waals surface area (Å²) in [4.78, 5) is 0. The van der Waals surface area contributed by atoms with E-state index in [9.17, 15) is 0 Å². The molecule has 0 saturated carbocycles. The fraction of sp³-hybridized carbons (Fsp3) is 0.400. The Labute approximate surface area is 103 Å². The molecule has 0 aliphatic heterocycles. The van der Waals surface area contributed by atoms with Crippen LogP contribution in [0.5, 0.6) is 5.75 Å². The number of benzene rings is 1. The van der Waals surface area contributed by atoms with Crippen LogP contribution in [0.15, 0.2) is 12.1 Å². The largest absolute Gasteiger partial charge is 0.489 e. The maximum atomic E-state index is 9.12. The van der Waals surface area contributed by atoms with E-state index in [0.717, 1.165) is 0 Å². The van der Waals surface area contributed by atoms with Crippen molar-refractivity contribution < 1.29 is 20.1 Å². The Morgan fingerprint density at radius 2 is 1.94 bits per heavy atom. The SMILES string of the molecule is OCc1cc(Cl)cc(Cl)c1OCC(O)CO. The van der Waals surface area contributed by atoms with Gasteiger partial charge in [0.25, 0.3) is 0 Å². The zero-order valence-electron chi connectivity index (χ0n) is 8.36. The lowest BCUT2D eigenvalue weighted by molar-refractivity contribution is 0.0529. The van der Waals surface area contributed by atoms with E-state index in [1.54, 1.807) is 0 Å². The van der Waals surface area contributed by atoms with Gasteiger partial charge < -0.3 is 20.1 Å². The van der Waals surface area contributed by atoms with E-state index < -0.39 is 12.7 Å². The third kappa shape index (κ3) is 3.50. The van der Waals surface area contributed by atoms with Crippen LogP contribution >= 0.6 is 23.2 Å². The van der Waals surface area contributed by atoms with Crippen molar-refractivity contribution in [2.45, 2.75) is 12.7 Å². The number of aliphatic hydroxyl groups is 3. The number of hydrogen-bond donors (Lipinski definition) is 3. The van der Waals surface area contributed by atoms with Gasteiger partial charge in [-0.05, 0) is 12.1 Å². The highest BCUT2D eigenvalue weighted by atomic mass is 35.5. The lowest BCUT2D eigenvalue weighted by Gasteiger charge is -2.14. The Morgan fingerprint density at radius 3 is 2.50 bits per heavy atom. The van der Waals surface area contributed by atoms with Crippen LogP contribution in [-0.2, 0) is 6.61 Å². The standard InChI is InChI=1S/C10H12Cl2O4/c11-7-1-6(3-13)10(9(12)2-7)16-5-8(15)4-14/h1-2,8,13-15H,3-5H2. The van der Waals surface area contributed by atoms with Gasteiger partial charge >= 0.3 is 0 Å². The highest BCUT2D eigenvalue weighted by Crippen LogP contribution is 2.32. The van der Waals surface area contributed by atoms with Crippen LogP contribution < -0.4 is 4.74 Å². The molecule has 1 unspecified atom stereocenters. The van der Waals surface area contributed by atoms with Crippen molar-refractivity contribution >= 4 is 23.2 Å². The van der Waals surface area contributed by atoms with E-state index in [0.29, 0.717) is 10.6 Å². The summed E-state index contributed by atoms with van der Waals surface area (Å²) in [6, 6.07) is 3.00. The van der Waals surface area contributed by atoms with Gasteiger partial charge in [0.15, 0.2) is 0 Å². The molecule has 1 aromatic rings. The summed E-state index contributed by atoms with van der Waals surface area (Å²) in [6.07, 6.45) is -0.988. The first kappa shape index (κ1) is 13.5. The molecule has 0 aliphatic rings. The molecule has 0 radical (unpaired) electrons. The van der Waals surface area contributed by atoms with Crippen LogP contribution in [-0.4, -0.2) is 34.6 Å². The molecule has 3 N–H and O–H groups in total. The van der Waals surface area contributed by atoms with Gasteiger partial charge in [-0.3, -0.25) is 0 Å². The topological polar surface area (TPSA) is 69.9 Å². The molecule has 0 aliphatic carbocycles. The number of halogens is 2. The Bertz CT molecular complexity index is 357. The maximum Gasteiger partial charge on any atom is 0.143 e. The van der Waals surface area contributed by atoms with Crippen molar-refractivity contribution in [1.82, 2.24) is 0 Å². The van der Waals surface area contributed by atoms with Crippen molar-refractivity contribution in [2.24, 2.45) is 0 Å². The van der Waals surface area contributed by atoms with E-state index in [-0.39, 0.29) is 24.0 Å². The third-order valence-electron chi connectivity index (χ3n) is 1.89. The van der Waals surface area contributed by atoms with Crippen molar-refractivity contribution in [3.8, 4) is 5.75 Å². The second kappa shape index (κ2) is 6.27. The molecule has 1 rings (SSSR count). The molecule has 0 bridgehead atoms. The molecule has 0 aromatic heterocycles. The average molecular weight is 267 g/mol.